The second-order valence-electron chi connectivity index (χ2n) is 14.7. The fraction of sp³-hybridized carbons (Fsp3) is 0.0189. The zero-order chi connectivity index (χ0) is 38.5. The van der Waals surface area contributed by atoms with Gasteiger partial charge in [-0.1, -0.05) is 182 Å². The minimum atomic E-state index is -0.527. The highest BCUT2D eigenvalue weighted by molar-refractivity contribution is 5.94. The number of pyridine rings is 1. The van der Waals surface area contributed by atoms with E-state index in [1.54, 1.807) is 0 Å². The molecule has 58 heavy (non-hydrogen) atoms. The monoisotopic (exact) mass is 741 g/mol. The highest BCUT2D eigenvalue weighted by Crippen LogP contribution is 2.58. The fourth-order valence-electron chi connectivity index (χ4n) is 8.76. The lowest BCUT2D eigenvalue weighted by Crippen LogP contribution is -2.28. The van der Waals surface area contributed by atoms with E-state index in [0.29, 0.717) is 17.5 Å². The van der Waals surface area contributed by atoms with Gasteiger partial charge in [0.15, 0.2) is 17.5 Å². The van der Waals surface area contributed by atoms with Gasteiger partial charge in [0.25, 0.3) is 0 Å². The molecule has 10 aromatic rings. The first-order valence-corrected chi connectivity index (χ1v) is 19.6. The van der Waals surface area contributed by atoms with Crippen molar-refractivity contribution < 1.29 is 0 Å². The maximum atomic E-state index is 5.29. The molecule has 11 rings (SSSR count). The molecule has 0 saturated carbocycles. The minimum Gasteiger partial charge on any atom is -0.306 e. The summed E-state index contributed by atoms with van der Waals surface area (Å²) < 4.78 is 2.05. The number of benzene rings is 7. The van der Waals surface area contributed by atoms with Crippen LogP contribution in [0.25, 0.3) is 73.3 Å². The molecular formula is C53H35N5. The van der Waals surface area contributed by atoms with E-state index in [4.69, 9.17) is 19.9 Å². The van der Waals surface area contributed by atoms with Gasteiger partial charge in [0.05, 0.1) is 11.1 Å². The molecule has 5 nitrogen and oxygen atoms in total. The molecule has 0 fully saturated rings. The maximum absolute atomic E-state index is 5.29. The molecule has 0 radical (unpaired) electrons. The highest BCUT2D eigenvalue weighted by Gasteiger charge is 2.47. The number of fused-ring (bicyclic) bond motifs is 4. The standard InChI is InChI=1S/C53H35N5/c1-4-16-37(17-5-1)50-55-51(38-31-29-36(30-32-38)39-18-14-19-40(34-39)47-35-58-33-13-12-28-48(58)54-47)57-52(56-50)44-25-15-27-46-49(44)43-24-10-11-26-45(43)53(46,41-20-6-2-7-21-41)42-22-8-3-9-23-42/h1-35H. The van der Waals surface area contributed by atoms with Crippen molar-refractivity contribution in [2.24, 2.45) is 0 Å². The van der Waals surface area contributed by atoms with Crippen LogP contribution >= 0.6 is 0 Å². The predicted molar refractivity (Wildman–Crippen MR) is 233 cm³/mol. The Morgan fingerprint density at radius 2 is 0.897 bits per heavy atom. The zero-order valence-electron chi connectivity index (χ0n) is 31.4. The van der Waals surface area contributed by atoms with Crippen LogP contribution in [-0.2, 0) is 5.41 Å². The van der Waals surface area contributed by atoms with Gasteiger partial charge in [-0.05, 0) is 62.7 Å². The number of rotatable bonds is 7. The summed E-state index contributed by atoms with van der Waals surface area (Å²) >= 11 is 0. The molecule has 0 atom stereocenters. The first-order valence-electron chi connectivity index (χ1n) is 19.6. The third-order valence-corrected chi connectivity index (χ3v) is 11.4. The van der Waals surface area contributed by atoms with E-state index in [1.165, 1.54) is 27.8 Å². The molecule has 0 N–H and O–H groups in total. The molecule has 0 aliphatic heterocycles. The first kappa shape index (κ1) is 33.6. The zero-order valence-corrected chi connectivity index (χ0v) is 31.4. The van der Waals surface area contributed by atoms with E-state index in [2.05, 4.69) is 174 Å². The van der Waals surface area contributed by atoms with Crippen LogP contribution in [0.15, 0.2) is 213 Å². The van der Waals surface area contributed by atoms with E-state index >= 15 is 0 Å². The number of nitrogens with zero attached hydrogens (tertiary/aromatic N) is 5. The van der Waals surface area contributed by atoms with E-state index in [9.17, 15) is 0 Å². The maximum Gasteiger partial charge on any atom is 0.164 e. The molecule has 5 heteroatoms. The number of aromatic nitrogens is 5. The molecule has 272 valence electrons. The Balaban J connectivity index is 1.06. The van der Waals surface area contributed by atoms with Crippen LogP contribution in [-0.4, -0.2) is 24.3 Å². The van der Waals surface area contributed by atoms with Gasteiger partial charge >= 0.3 is 0 Å². The van der Waals surface area contributed by atoms with Crippen molar-refractivity contribution in [3.63, 3.8) is 0 Å². The SMILES string of the molecule is c1ccc(-c2nc(-c3ccc(-c4cccc(-c5cn6ccccc6n5)c4)cc3)nc(-c3cccc4c3-c3ccccc3C4(c3ccccc3)c3ccccc3)n2)cc1. The summed E-state index contributed by atoms with van der Waals surface area (Å²) in [5, 5.41) is 0. The Morgan fingerprint density at radius 3 is 1.62 bits per heavy atom. The summed E-state index contributed by atoms with van der Waals surface area (Å²) in [6.07, 6.45) is 4.10. The molecule has 3 aromatic heterocycles. The van der Waals surface area contributed by atoms with E-state index in [-0.39, 0.29) is 0 Å². The lowest BCUT2D eigenvalue weighted by atomic mass is 9.67. The Labute approximate surface area is 336 Å². The van der Waals surface area contributed by atoms with Crippen LogP contribution in [0, 0.1) is 0 Å². The molecule has 0 bridgehead atoms. The third kappa shape index (κ3) is 5.47. The molecule has 0 spiro atoms. The number of imidazole rings is 1. The lowest BCUT2D eigenvalue weighted by Gasteiger charge is -2.33. The van der Waals surface area contributed by atoms with E-state index in [1.807, 2.05) is 42.6 Å². The Morgan fingerprint density at radius 1 is 0.362 bits per heavy atom. The van der Waals surface area contributed by atoms with Crippen molar-refractivity contribution >= 4 is 5.65 Å². The number of hydrogen-bond donors (Lipinski definition) is 0. The summed E-state index contributed by atoms with van der Waals surface area (Å²) in [4.78, 5) is 20.5. The van der Waals surface area contributed by atoms with Crippen LogP contribution < -0.4 is 0 Å². The van der Waals surface area contributed by atoms with Gasteiger partial charge < -0.3 is 4.40 Å². The summed E-state index contributed by atoms with van der Waals surface area (Å²) in [5.41, 5.74) is 14.7. The minimum absolute atomic E-state index is 0.527. The Kier molecular flexibility index (Phi) is 7.97. The van der Waals surface area contributed by atoms with Crippen LogP contribution in [0.4, 0.5) is 0 Å². The van der Waals surface area contributed by atoms with Gasteiger partial charge in [0.2, 0.25) is 0 Å². The fourth-order valence-corrected chi connectivity index (χ4v) is 8.76. The average molecular weight is 742 g/mol. The third-order valence-electron chi connectivity index (χ3n) is 11.4. The van der Waals surface area contributed by atoms with Crippen LogP contribution in [0.3, 0.4) is 0 Å². The molecule has 1 aliphatic rings. The predicted octanol–water partition coefficient (Wildman–Crippen LogP) is 12.2. The van der Waals surface area contributed by atoms with Crippen molar-refractivity contribution in [1.82, 2.24) is 24.3 Å². The molecular weight excluding hydrogens is 707 g/mol. The molecule has 1 aliphatic carbocycles. The van der Waals surface area contributed by atoms with Crippen LogP contribution in [0.1, 0.15) is 22.3 Å². The molecule has 7 aromatic carbocycles. The van der Waals surface area contributed by atoms with Crippen LogP contribution in [0.5, 0.6) is 0 Å². The van der Waals surface area contributed by atoms with Gasteiger partial charge in [0, 0.05) is 34.6 Å². The summed E-state index contributed by atoms with van der Waals surface area (Å²) in [6.45, 7) is 0. The van der Waals surface area contributed by atoms with Crippen LogP contribution in [0.2, 0.25) is 0 Å². The van der Waals surface area contributed by atoms with E-state index < -0.39 is 5.41 Å². The lowest BCUT2D eigenvalue weighted by molar-refractivity contribution is 0.768. The second-order valence-corrected chi connectivity index (χ2v) is 14.7. The number of hydrogen-bond acceptors (Lipinski definition) is 4. The summed E-state index contributed by atoms with van der Waals surface area (Å²) in [5.74, 6) is 1.89. The van der Waals surface area contributed by atoms with Crippen molar-refractivity contribution in [2.75, 3.05) is 0 Å². The molecule has 0 amide bonds. The highest BCUT2D eigenvalue weighted by atomic mass is 15.0. The smallest absolute Gasteiger partial charge is 0.164 e. The van der Waals surface area contributed by atoms with Crippen molar-refractivity contribution in [2.45, 2.75) is 5.41 Å². The Bertz CT molecular complexity index is 3030. The van der Waals surface area contributed by atoms with Gasteiger partial charge in [0.1, 0.15) is 5.65 Å². The first-order chi connectivity index (χ1) is 28.7. The van der Waals surface area contributed by atoms with Gasteiger partial charge in [-0.2, -0.15) is 0 Å². The second kappa shape index (κ2) is 13.8. The average Bonchev–Trinajstić information content (AvgIpc) is 3.88. The molecule has 3 heterocycles. The topological polar surface area (TPSA) is 56.0 Å². The molecule has 0 unspecified atom stereocenters. The van der Waals surface area contributed by atoms with Gasteiger partial charge in [-0.15, -0.1) is 0 Å². The summed E-state index contributed by atoms with van der Waals surface area (Å²) in [7, 11) is 0. The molecule has 0 saturated heterocycles. The van der Waals surface area contributed by atoms with Gasteiger partial charge in [-0.25, -0.2) is 19.9 Å². The van der Waals surface area contributed by atoms with Crippen molar-refractivity contribution in [3.8, 4) is 67.7 Å². The largest absolute Gasteiger partial charge is 0.306 e. The quantitative estimate of drug-likeness (QED) is 0.163. The van der Waals surface area contributed by atoms with Crippen molar-refractivity contribution in [1.29, 1.82) is 0 Å². The van der Waals surface area contributed by atoms with E-state index in [0.717, 1.165) is 50.3 Å². The Hall–Kier alpha value is -7.76. The normalized spacial score (nSPS) is 12.6. The van der Waals surface area contributed by atoms with Crippen molar-refractivity contribution in [3.05, 3.63) is 235 Å². The van der Waals surface area contributed by atoms with Gasteiger partial charge in [-0.3, -0.25) is 0 Å². The summed E-state index contributed by atoms with van der Waals surface area (Å²) in [6, 6.07) is 70.4.